The summed E-state index contributed by atoms with van der Waals surface area (Å²) in [6, 6.07) is 22.5. The Labute approximate surface area is 194 Å². The molecule has 1 aromatic heterocycles. The Bertz CT molecular complexity index is 1460. The smallest absolute Gasteiger partial charge is 0.339 e. The van der Waals surface area contributed by atoms with Gasteiger partial charge < -0.3 is 14.6 Å². The maximum atomic E-state index is 13.7. The number of esters is 1. The lowest BCUT2D eigenvalue weighted by atomic mass is 9.97. The van der Waals surface area contributed by atoms with Gasteiger partial charge in [-0.1, -0.05) is 42.5 Å². The number of fused-ring (bicyclic) bond motifs is 2. The molecule has 7 heteroatoms. The number of hydrogen-bond acceptors (Lipinski definition) is 4. The van der Waals surface area contributed by atoms with Crippen LogP contribution < -0.4 is 10.9 Å². The van der Waals surface area contributed by atoms with Gasteiger partial charge in [0.2, 0.25) is 5.91 Å². The Morgan fingerprint density at radius 3 is 2.56 bits per heavy atom. The van der Waals surface area contributed by atoms with Crippen LogP contribution in [0.2, 0.25) is 0 Å². The molecule has 4 aromatic rings. The van der Waals surface area contributed by atoms with Crippen LogP contribution in [0.15, 0.2) is 83.7 Å². The lowest BCUT2D eigenvalue weighted by Crippen LogP contribution is -2.31. The van der Waals surface area contributed by atoms with Crippen LogP contribution in [0.25, 0.3) is 22.0 Å². The third kappa shape index (κ3) is 4.20. The second-order valence-electron chi connectivity index (χ2n) is 8.14. The number of pyridine rings is 1. The number of benzene rings is 3. The van der Waals surface area contributed by atoms with Crippen molar-refractivity contribution >= 4 is 22.8 Å². The van der Waals surface area contributed by atoms with E-state index >= 15 is 0 Å². The van der Waals surface area contributed by atoms with E-state index in [-0.39, 0.29) is 31.0 Å². The zero-order chi connectivity index (χ0) is 23.7. The first-order chi connectivity index (χ1) is 16.5. The van der Waals surface area contributed by atoms with Gasteiger partial charge in [0.05, 0.1) is 17.5 Å². The van der Waals surface area contributed by atoms with Gasteiger partial charge in [0.15, 0.2) is 0 Å². The predicted octanol–water partition coefficient (Wildman–Crippen LogP) is 4.23. The summed E-state index contributed by atoms with van der Waals surface area (Å²) >= 11 is 0. The molecule has 0 radical (unpaired) electrons. The van der Waals surface area contributed by atoms with Gasteiger partial charge in [0.25, 0.3) is 5.56 Å². The SMILES string of the molecule is O=C(CC1OC(=O)c2cc(-c3ccccc3)ccc21)NCCn1c(=O)ccc2ccc(F)cc21. The molecule has 1 aliphatic heterocycles. The van der Waals surface area contributed by atoms with E-state index in [2.05, 4.69) is 5.32 Å². The average Bonchev–Trinajstić information content (AvgIpc) is 3.15. The number of carbonyl (C=O) groups excluding carboxylic acids is 2. The van der Waals surface area contributed by atoms with Crippen molar-refractivity contribution in [2.75, 3.05) is 6.54 Å². The molecule has 1 amide bonds. The summed E-state index contributed by atoms with van der Waals surface area (Å²) in [6.45, 7) is 0.363. The van der Waals surface area contributed by atoms with E-state index in [9.17, 15) is 18.8 Å². The summed E-state index contributed by atoms with van der Waals surface area (Å²) in [6.07, 6.45) is -0.690. The van der Waals surface area contributed by atoms with Gasteiger partial charge in [-0.3, -0.25) is 9.59 Å². The number of hydrogen-bond donors (Lipinski definition) is 1. The highest BCUT2D eigenvalue weighted by Crippen LogP contribution is 2.35. The molecule has 3 aromatic carbocycles. The zero-order valence-electron chi connectivity index (χ0n) is 18.2. The molecule has 1 atom stereocenters. The first-order valence-electron chi connectivity index (χ1n) is 11.0. The van der Waals surface area contributed by atoms with E-state index in [4.69, 9.17) is 4.74 Å². The van der Waals surface area contributed by atoms with E-state index in [1.165, 1.54) is 22.8 Å². The van der Waals surface area contributed by atoms with Crippen molar-refractivity contribution < 1.29 is 18.7 Å². The molecular formula is C27H21FN2O4. The minimum absolute atomic E-state index is 0.0253. The van der Waals surface area contributed by atoms with Gasteiger partial charge >= 0.3 is 5.97 Å². The summed E-state index contributed by atoms with van der Waals surface area (Å²) in [5.74, 6) is -1.19. The average molecular weight is 456 g/mol. The van der Waals surface area contributed by atoms with E-state index in [0.29, 0.717) is 16.6 Å². The number of rotatable bonds is 6. The second kappa shape index (κ2) is 8.94. The lowest BCUT2D eigenvalue weighted by molar-refractivity contribution is -0.123. The molecular weight excluding hydrogens is 435 g/mol. The molecule has 0 aliphatic carbocycles. The fourth-order valence-electron chi connectivity index (χ4n) is 4.27. The van der Waals surface area contributed by atoms with Crippen LogP contribution in [0.1, 0.15) is 28.4 Å². The highest BCUT2D eigenvalue weighted by molar-refractivity contribution is 5.96. The van der Waals surface area contributed by atoms with Crippen LogP contribution in [0.3, 0.4) is 0 Å². The predicted molar refractivity (Wildman–Crippen MR) is 126 cm³/mol. The van der Waals surface area contributed by atoms with E-state index in [0.717, 1.165) is 16.5 Å². The van der Waals surface area contributed by atoms with Gasteiger partial charge in [-0.25, -0.2) is 9.18 Å². The molecule has 0 spiro atoms. The summed E-state index contributed by atoms with van der Waals surface area (Å²) in [5.41, 5.74) is 3.22. The Balaban J connectivity index is 1.25. The number of aromatic nitrogens is 1. The molecule has 0 bridgehead atoms. The summed E-state index contributed by atoms with van der Waals surface area (Å²) < 4.78 is 20.6. The lowest BCUT2D eigenvalue weighted by Gasteiger charge is -2.13. The number of nitrogens with zero attached hydrogens (tertiary/aromatic N) is 1. The van der Waals surface area contributed by atoms with Gasteiger partial charge in [0, 0.05) is 24.7 Å². The van der Waals surface area contributed by atoms with E-state index < -0.39 is 17.9 Å². The Morgan fingerprint density at radius 2 is 1.74 bits per heavy atom. The number of carbonyl (C=O) groups is 2. The van der Waals surface area contributed by atoms with Crippen molar-refractivity contribution in [3.63, 3.8) is 0 Å². The molecule has 0 fully saturated rings. The molecule has 1 N–H and O–H groups in total. The molecule has 0 saturated heterocycles. The molecule has 6 nitrogen and oxygen atoms in total. The minimum Gasteiger partial charge on any atom is -0.453 e. The quantitative estimate of drug-likeness (QED) is 0.441. The first kappa shape index (κ1) is 21.6. The molecule has 0 saturated carbocycles. The van der Waals surface area contributed by atoms with Gasteiger partial charge in [-0.05, 0) is 46.8 Å². The van der Waals surface area contributed by atoms with Gasteiger partial charge in [-0.15, -0.1) is 0 Å². The van der Waals surface area contributed by atoms with Crippen LogP contribution in [0.5, 0.6) is 0 Å². The van der Waals surface area contributed by atoms with Crippen molar-refractivity contribution in [1.82, 2.24) is 9.88 Å². The first-order valence-corrected chi connectivity index (χ1v) is 11.0. The number of ether oxygens (including phenoxy) is 1. The maximum Gasteiger partial charge on any atom is 0.339 e. The molecule has 1 aliphatic rings. The fraction of sp³-hybridized carbons (Fsp3) is 0.148. The molecule has 2 heterocycles. The van der Waals surface area contributed by atoms with Gasteiger partial charge in [0.1, 0.15) is 11.9 Å². The standard InChI is InChI=1S/C27H21FN2O4/c28-20-9-6-18-8-11-26(32)30(23(18)15-20)13-12-29-25(31)16-24-21-10-7-19(14-22(21)27(33)34-24)17-4-2-1-3-5-17/h1-11,14-15,24H,12-13,16H2,(H,29,31). The van der Waals surface area contributed by atoms with Gasteiger partial charge in [-0.2, -0.15) is 0 Å². The summed E-state index contributed by atoms with van der Waals surface area (Å²) in [4.78, 5) is 37.2. The highest BCUT2D eigenvalue weighted by atomic mass is 19.1. The summed E-state index contributed by atoms with van der Waals surface area (Å²) in [7, 11) is 0. The van der Waals surface area contributed by atoms with Crippen LogP contribution in [-0.2, 0) is 16.1 Å². The number of nitrogens with one attached hydrogen (secondary N) is 1. The monoisotopic (exact) mass is 456 g/mol. The van der Waals surface area contributed by atoms with Crippen LogP contribution >= 0.6 is 0 Å². The topological polar surface area (TPSA) is 77.4 Å². The Kier molecular flexibility index (Phi) is 5.67. The molecule has 5 rings (SSSR count). The van der Waals surface area contributed by atoms with E-state index in [1.807, 2.05) is 42.5 Å². The second-order valence-corrected chi connectivity index (χ2v) is 8.14. The number of halogens is 1. The maximum absolute atomic E-state index is 13.7. The van der Waals surface area contributed by atoms with Crippen molar-refractivity contribution in [3.8, 4) is 11.1 Å². The fourth-order valence-corrected chi connectivity index (χ4v) is 4.27. The largest absolute Gasteiger partial charge is 0.453 e. The minimum atomic E-state index is -0.665. The zero-order valence-corrected chi connectivity index (χ0v) is 18.2. The van der Waals surface area contributed by atoms with Crippen LogP contribution in [0, 0.1) is 5.82 Å². The molecule has 1 unspecified atom stereocenters. The van der Waals surface area contributed by atoms with Crippen LogP contribution in [-0.4, -0.2) is 23.0 Å². The number of amides is 1. The van der Waals surface area contributed by atoms with Crippen molar-refractivity contribution in [2.45, 2.75) is 19.1 Å². The van der Waals surface area contributed by atoms with E-state index in [1.54, 1.807) is 18.2 Å². The summed E-state index contributed by atoms with van der Waals surface area (Å²) in [5, 5.41) is 3.50. The Hall–Kier alpha value is -4.26. The number of cyclic esters (lactones) is 1. The Morgan fingerprint density at radius 1 is 0.941 bits per heavy atom. The van der Waals surface area contributed by atoms with Crippen molar-refractivity contribution in [3.05, 3.63) is 106 Å². The highest BCUT2D eigenvalue weighted by Gasteiger charge is 2.32. The normalized spacial score (nSPS) is 14.6. The van der Waals surface area contributed by atoms with Crippen molar-refractivity contribution in [2.24, 2.45) is 0 Å². The van der Waals surface area contributed by atoms with Crippen LogP contribution in [0.4, 0.5) is 4.39 Å². The third-order valence-electron chi connectivity index (χ3n) is 5.96. The molecule has 170 valence electrons. The third-order valence-corrected chi connectivity index (χ3v) is 5.96. The molecule has 34 heavy (non-hydrogen) atoms. The van der Waals surface area contributed by atoms with Crippen molar-refractivity contribution in [1.29, 1.82) is 0 Å².